The number of aromatic nitrogens is 7. The number of aromatic amines is 1. The second-order valence-electron chi connectivity index (χ2n) is 5.74. The molecule has 0 aliphatic heterocycles. The van der Waals surface area contributed by atoms with E-state index in [4.69, 9.17) is 0 Å². The molecule has 7 heteroatoms. The maximum Gasteiger partial charge on any atom is 0.163 e. The van der Waals surface area contributed by atoms with Gasteiger partial charge in [0.25, 0.3) is 0 Å². The van der Waals surface area contributed by atoms with Crippen LogP contribution in [0.2, 0.25) is 0 Å². The quantitative estimate of drug-likeness (QED) is 0.538. The van der Waals surface area contributed by atoms with E-state index in [9.17, 15) is 0 Å². The number of H-pyrrole nitrogens is 1. The van der Waals surface area contributed by atoms with Crippen molar-refractivity contribution in [2.24, 2.45) is 0 Å². The predicted octanol–water partition coefficient (Wildman–Crippen LogP) is 3.06. The summed E-state index contributed by atoms with van der Waals surface area (Å²) in [6.07, 6.45) is 5.34. The number of pyridine rings is 1. The molecular weight excluding hydrogens is 314 g/mol. The molecule has 0 saturated carbocycles. The number of hydrogen-bond donors (Lipinski definition) is 1. The van der Waals surface area contributed by atoms with Gasteiger partial charge in [0.2, 0.25) is 0 Å². The number of nitrogens with zero attached hydrogens (tertiary/aromatic N) is 6. The lowest BCUT2D eigenvalue weighted by molar-refractivity contribution is 0.875. The normalized spacial score (nSPS) is 11.4. The molecule has 0 amide bonds. The molecule has 0 spiro atoms. The summed E-state index contributed by atoms with van der Waals surface area (Å²) in [6, 6.07) is 11.9. The van der Waals surface area contributed by atoms with E-state index in [1.165, 1.54) is 0 Å². The molecule has 5 aromatic rings. The number of benzene rings is 1. The van der Waals surface area contributed by atoms with Crippen molar-refractivity contribution in [1.82, 2.24) is 34.9 Å². The van der Waals surface area contributed by atoms with Crippen molar-refractivity contribution in [2.45, 2.75) is 6.92 Å². The summed E-state index contributed by atoms with van der Waals surface area (Å²) in [6.45, 7) is 1.86. The fraction of sp³-hybridized carbons (Fsp3) is 0.0556. The van der Waals surface area contributed by atoms with E-state index in [0.29, 0.717) is 11.5 Å². The van der Waals surface area contributed by atoms with Gasteiger partial charge in [0.05, 0.1) is 29.0 Å². The van der Waals surface area contributed by atoms with Crippen LogP contribution < -0.4 is 0 Å². The highest BCUT2D eigenvalue weighted by molar-refractivity contribution is 5.92. The van der Waals surface area contributed by atoms with Gasteiger partial charge in [-0.05, 0) is 25.1 Å². The number of rotatable bonds is 2. The van der Waals surface area contributed by atoms with Crippen LogP contribution in [0.15, 0.2) is 55.0 Å². The van der Waals surface area contributed by atoms with Gasteiger partial charge in [-0.1, -0.05) is 18.2 Å². The van der Waals surface area contributed by atoms with Crippen LogP contribution in [0.25, 0.3) is 39.0 Å². The Labute approximate surface area is 142 Å². The smallest absolute Gasteiger partial charge is 0.163 e. The molecule has 1 N–H and O–H groups in total. The summed E-state index contributed by atoms with van der Waals surface area (Å²) in [4.78, 5) is 13.6. The van der Waals surface area contributed by atoms with Crippen molar-refractivity contribution in [1.29, 1.82) is 0 Å². The molecule has 1 aromatic carbocycles. The standard InChI is InChI=1S/C18H13N7/c1-11-22-16(14-10-20-24-17(14)23-11)13-6-4-8-19-18(13)25-15-7-3-2-5-12(15)9-21-25/h2-10H,1H3,(H,20,22,23,24). The highest BCUT2D eigenvalue weighted by Gasteiger charge is 2.17. The first-order valence-electron chi connectivity index (χ1n) is 7.87. The summed E-state index contributed by atoms with van der Waals surface area (Å²) < 4.78 is 1.84. The van der Waals surface area contributed by atoms with E-state index < -0.39 is 0 Å². The molecule has 0 atom stereocenters. The molecule has 0 radical (unpaired) electrons. The van der Waals surface area contributed by atoms with Crippen LogP contribution in [0.4, 0.5) is 0 Å². The maximum absolute atomic E-state index is 4.64. The van der Waals surface area contributed by atoms with E-state index in [2.05, 4.69) is 30.2 Å². The number of para-hydroxylation sites is 1. The maximum atomic E-state index is 4.64. The van der Waals surface area contributed by atoms with E-state index in [1.54, 1.807) is 12.4 Å². The van der Waals surface area contributed by atoms with Crippen LogP contribution >= 0.6 is 0 Å². The lowest BCUT2D eigenvalue weighted by atomic mass is 10.1. The lowest BCUT2D eigenvalue weighted by Gasteiger charge is -2.10. The molecule has 4 heterocycles. The van der Waals surface area contributed by atoms with Crippen molar-refractivity contribution >= 4 is 21.9 Å². The zero-order chi connectivity index (χ0) is 16.8. The van der Waals surface area contributed by atoms with Crippen molar-refractivity contribution in [3.05, 3.63) is 60.8 Å². The second kappa shape index (κ2) is 5.20. The Bertz CT molecular complexity index is 1220. The lowest BCUT2D eigenvalue weighted by Crippen LogP contribution is -2.03. The molecule has 7 nitrogen and oxygen atoms in total. The minimum Gasteiger partial charge on any atom is -0.261 e. The molecular formula is C18H13N7. The van der Waals surface area contributed by atoms with E-state index >= 15 is 0 Å². The number of aryl methyl sites for hydroxylation is 1. The summed E-state index contributed by atoms with van der Waals surface area (Å²) >= 11 is 0. The molecule has 25 heavy (non-hydrogen) atoms. The first-order valence-corrected chi connectivity index (χ1v) is 7.87. The highest BCUT2D eigenvalue weighted by atomic mass is 15.3. The fourth-order valence-electron chi connectivity index (χ4n) is 3.04. The van der Waals surface area contributed by atoms with Gasteiger partial charge in [-0.15, -0.1) is 0 Å². The van der Waals surface area contributed by atoms with Crippen LogP contribution in [0, 0.1) is 6.92 Å². The predicted molar refractivity (Wildman–Crippen MR) is 94.3 cm³/mol. The molecule has 0 saturated heterocycles. The van der Waals surface area contributed by atoms with Crippen LogP contribution in [0.5, 0.6) is 0 Å². The van der Waals surface area contributed by atoms with Gasteiger partial charge < -0.3 is 0 Å². The minimum atomic E-state index is 0.673. The largest absolute Gasteiger partial charge is 0.261 e. The molecule has 0 fully saturated rings. The molecule has 0 bridgehead atoms. The zero-order valence-corrected chi connectivity index (χ0v) is 13.4. The third-order valence-electron chi connectivity index (χ3n) is 4.14. The highest BCUT2D eigenvalue weighted by Crippen LogP contribution is 2.30. The molecule has 4 aromatic heterocycles. The summed E-state index contributed by atoms with van der Waals surface area (Å²) in [5.41, 5.74) is 3.38. The van der Waals surface area contributed by atoms with Crippen molar-refractivity contribution in [2.75, 3.05) is 0 Å². The Morgan fingerprint density at radius 2 is 1.92 bits per heavy atom. The SMILES string of the molecule is Cc1nc(-c2cccnc2-n2ncc3ccccc32)c2cn[nH]c2n1. The van der Waals surface area contributed by atoms with Gasteiger partial charge in [0.15, 0.2) is 11.5 Å². The Morgan fingerprint density at radius 1 is 1.00 bits per heavy atom. The average Bonchev–Trinajstić information content (AvgIpc) is 3.27. The monoisotopic (exact) mass is 327 g/mol. The van der Waals surface area contributed by atoms with E-state index in [-0.39, 0.29) is 0 Å². The summed E-state index contributed by atoms with van der Waals surface area (Å²) in [5.74, 6) is 1.40. The summed E-state index contributed by atoms with van der Waals surface area (Å²) in [5, 5.41) is 13.5. The minimum absolute atomic E-state index is 0.673. The molecule has 5 rings (SSSR count). The van der Waals surface area contributed by atoms with Gasteiger partial charge in [-0.3, -0.25) is 5.10 Å². The number of fused-ring (bicyclic) bond motifs is 2. The van der Waals surface area contributed by atoms with Crippen LogP contribution in [0.1, 0.15) is 5.82 Å². The molecule has 120 valence electrons. The zero-order valence-electron chi connectivity index (χ0n) is 13.4. The van der Waals surface area contributed by atoms with E-state index in [1.807, 2.05) is 54.2 Å². The van der Waals surface area contributed by atoms with E-state index in [0.717, 1.165) is 33.4 Å². The van der Waals surface area contributed by atoms with Gasteiger partial charge in [-0.2, -0.15) is 10.2 Å². The van der Waals surface area contributed by atoms with Crippen LogP contribution in [-0.4, -0.2) is 34.9 Å². The first kappa shape index (κ1) is 13.8. The third-order valence-corrected chi connectivity index (χ3v) is 4.14. The van der Waals surface area contributed by atoms with Gasteiger partial charge in [-0.25, -0.2) is 19.6 Å². The fourth-order valence-corrected chi connectivity index (χ4v) is 3.04. The Hall–Kier alpha value is -3.61. The molecule has 0 aliphatic carbocycles. The first-order chi connectivity index (χ1) is 12.3. The molecule has 0 aliphatic rings. The summed E-state index contributed by atoms with van der Waals surface area (Å²) in [7, 11) is 0. The Morgan fingerprint density at radius 3 is 2.88 bits per heavy atom. The second-order valence-corrected chi connectivity index (χ2v) is 5.74. The number of nitrogens with one attached hydrogen (secondary N) is 1. The topological polar surface area (TPSA) is 85.2 Å². The average molecular weight is 327 g/mol. The Balaban J connectivity index is 1.83. The van der Waals surface area contributed by atoms with Crippen molar-refractivity contribution in [3.8, 4) is 17.1 Å². The molecule has 0 unspecified atom stereocenters. The van der Waals surface area contributed by atoms with Gasteiger partial charge in [0.1, 0.15) is 5.82 Å². The van der Waals surface area contributed by atoms with Gasteiger partial charge in [0, 0.05) is 17.1 Å². The van der Waals surface area contributed by atoms with Gasteiger partial charge >= 0.3 is 0 Å². The van der Waals surface area contributed by atoms with Crippen molar-refractivity contribution < 1.29 is 0 Å². The van der Waals surface area contributed by atoms with Crippen LogP contribution in [0.3, 0.4) is 0 Å². The third kappa shape index (κ3) is 2.09. The van der Waals surface area contributed by atoms with Crippen molar-refractivity contribution in [3.63, 3.8) is 0 Å². The van der Waals surface area contributed by atoms with Crippen LogP contribution in [-0.2, 0) is 0 Å². The number of hydrogen-bond acceptors (Lipinski definition) is 5. The Kier molecular flexibility index (Phi) is 2.87.